The maximum atomic E-state index is 12.6. The Balaban J connectivity index is 1.48. The lowest BCUT2D eigenvalue weighted by Crippen LogP contribution is -2.30. The van der Waals surface area contributed by atoms with Crippen LogP contribution in [0.4, 0.5) is 5.69 Å². The Bertz CT molecular complexity index is 1120. The fraction of sp³-hybridized carbons (Fsp3) is 0.182. The third-order valence-electron chi connectivity index (χ3n) is 4.54. The highest BCUT2D eigenvalue weighted by atomic mass is 32.1. The van der Waals surface area contributed by atoms with E-state index in [0.29, 0.717) is 0 Å². The Labute approximate surface area is 167 Å². The second kappa shape index (κ2) is 7.48. The van der Waals surface area contributed by atoms with E-state index in [4.69, 9.17) is 4.74 Å². The van der Waals surface area contributed by atoms with Crippen molar-refractivity contribution >= 4 is 27.9 Å². The van der Waals surface area contributed by atoms with Crippen LogP contribution in [0.5, 0.6) is 5.75 Å². The van der Waals surface area contributed by atoms with Gasteiger partial charge in [0.25, 0.3) is 5.91 Å². The van der Waals surface area contributed by atoms with Crippen LogP contribution in [0.1, 0.15) is 18.1 Å². The molecule has 0 saturated carbocycles. The number of aryl methyl sites for hydroxylation is 2. The summed E-state index contributed by atoms with van der Waals surface area (Å²) in [4.78, 5) is 18.2. The molecule has 1 N–H and O–H groups in total. The SMILES string of the molecule is Cc1ccc(C)c(OC(C)C(=O)Nc2cccc(-c3cn4ccsc4n3)c2)c1. The van der Waals surface area contributed by atoms with Gasteiger partial charge >= 0.3 is 0 Å². The van der Waals surface area contributed by atoms with Gasteiger partial charge in [0.2, 0.25) is 0 Å². The molecule has 0 fully saturated rings. The lowest BCUT2D eigenvalue weighted by molar-refractivity contribution is -0.122. The molecule has 0 radical (unpaired) electrons. The summed E-state index contributed by atoms with van der Waals surface area (Å²) in [5, 5.41) is 4.94. The molecule has 0 aliphatic carbocycles. The molecule has 4 aromatic rings. The zero-order chi connectivity index (χ0) is 19.7. The number of nitrogens with one attached hydrogen (secondary N) is 1. The number of benzene rings is 2. The van der Waals surface area contributed by atoms with Gasteiger partial charge in [-0.2, -0.15) is 0 Å². The molecular weight excluding hydrogens is 370 g/mol. The molecule has 2 aromatic carbocycles. The first-order valence-corrected chi connectivity index (χ1v) is 9.95. The highest BCUT2D eigenvalue weighted by Gasteiger charge is 2.16. The summed E-state index contributed by atoms with van der Waals surface area (Å²) in [6, 6.07) is 13.7. The fourth-order valence-corrected chi connectivity index (χ4v) is 3.65. The van der Waals surface area contributed by atoms with Crippen molar-refractivity contribution in [1.82, 2.24) is 9.38 Å². The Morgan fingerprint density at radius 3 is 2.89 bits per heavy atom. The topological polar surface area (TPSA) is 55.6 Å². The van der Waals surface area contributed by atoms with Crippen LogP contribution in [-0.2, 0) is 4.79 Å². The number of aromatic nitrogens is 2. The van der Waals surface area contributed by atoms with Gasteiger partial charge in [-0.1, -0.05) is 24.3 Å². The number of hydrogen-bond donors (Lipinski definition) is 1. The largest absolute Gasteiger partial charge is 0.481 e. The number of carbonyl (C=O) groups is 1. The van der Waals surface area contributed by atoms with Gasteiger partial charge < -0.3 is 10.1 Å². The number of fused-ring (bicyclic) bond motifs is 1. The molecule has 4 rings (SSSR count). The summed E-state index contributed by atoms with van der Waals surface area (Å²) in [5.41, 5.74) is 4.66. The summed E-state index contributed by atoms with van der Waals surface area (Å²) in [6.45, 7) is 5.73. The van der Waals surface area contributed by atoms with Crippen LogP contribution >= 0.6 is 11.3 Å². The molecule has 2 heterocycles. The van der Waals surface area contributed by atoms with Crippen molar-refractivity contribution in [2.24, 2.45) is 0 Å². The number of hydrogen-bond acceptors (Lipinski definition) is 4. The first-order valence-electron chi connectivity index (χ1n) is 9.07. The van der Waals surface area contributed by atoms with Crippen LogP contribution in [0.3, 0.4) is 0 Å². The Morgan fingerprint density at radius 2 is 2.07 bits per heavy atom. The zero-order valence-corrected chi connectivity index (χ0v) is 16.8. The molecule has 1 unspecified atom stereocenters. The van der Waals surface area contributed by atoms with E-state index < -0.39 is 6.10 Å². The molecule has 1 atom stereocenters. The fourth-order valence-electron chi connectivity index (χ4n) is 2.94. The number of rotatable bonds is 5. The molecule has 5 nitrogen and oxygen atoms in total. The van der Waals surface area contributed by atoms with E-state index in [-0.39, 0.29) is 5.91 Å². The van der Waals surface area contributed by atoms with Crippen LogP contribution in [0.15, 0.2) is 60.2 Å². The summed E-state index contributed by atoms with van der Waals surface area (Å²) in [7, 11) is 0. The molecule has 0 aliphatic heterocycles. The minimum atomic E-state index is -0.609. The zero-order valence-electron chi connectivity index (χ0n) is 16.0. The molecule has 0 spiro atoms. The highest BCUT2D eigenvalue weighted by Crippen LogP contribution is 2.25. The quantitative estimate of drug-likeness (QED) is 0.516. The average molecular weight is 391 g/mol. The van der Waals surface area contributed by atoms with E-state index in [1.807, 2.05) is 78.5 Å². The first kappa shape index (κ1) is 18.3. The summed E-state index contributed by atoms with van der Waals surface area (Å²) >= 11 is 1.59. The van der Waals surface area contributed by atoms with Gasteiger partial charge in [0, 0.05) is 29.0 Å². The van der Waals surface area contributed by atoms with Crippen LogP contribution < -0.4 is 10.1 Å². The lowest BCUT2D eigenvalue weighted by Gasteiger charge is -2.17. The Morgan fingerprint density at radius 1 is 1.21 bits per heavy atom. The van der Waals surface area contributed by atoms with Gasteiger partial charge in [0.1, 0.15) is 5.75 Å². The van der Waals surface area contributed by atoms with Crippen LogP contribution in [0, 0.1) is 13.8 Å². The van der Waals surface area contributed by atoms with Crippen LogP contribution in [0.25, 0.3) is 16.2 Å². The molecule has 2 aromatic heterocycles. The predicted octanol–water partition coefficient (Wildman–Crippen LogP) is 5.09. The standard InChI is InChI=1S/C22H21N3O2S/c1-14-7-8-15(2)20(11-14)27-16(3)21(26)23-18-6-4-5-17(12-18)19-13-25-9-10-28-22(25)24-19/h4-13,16H,1-3H3,(H,23,26). The number of carbonyl (C=O) groups excluding carboxylic acids is 1. The number of imidazole rings is 1. The van der Waals surface area contributed by atoms with Gasteiger partial charge in [-0.3, -0.25) is 9.20 Å². The van der Waals surface area contributed by atoms with Gasteiger partial charge in [-0.25, -0.2) is 4.98 Å². The van der Waals surface area contributed by atoms with Gasteiger partial charge in [0.05, 0.1) is 5.69 Å². The minimum absolute atomic E-state index is 0.191. The summed E-state index contributed by atoms with van der Waals surface area (Å²) in [5.74, 6) is 0.540. The van der Waals surface area contributed by atoms with E-state index >= 15 is 0 Å². The van der Waals surface area contributed by atoms with E-state index in [1.54, 1.807) is 18.3 Å². The van der Waals surface area contributed by atoms with Gasteiger partial charge in [0.15, 0.2) is 11.1 Å². The molecule has 0 aliphatic rings. The third kappa shape index (κ3) is 3.77. The smallest absolute Gasteiger partial charge is 0.265 e. The molecule has 142 valence electrons. The molecular formula is C22H21N3O2S. The monoisotopic (exact) mass is 391 g/mol. The number of thiazole rings is 1. The predicted molar refractivity (Wildman–Crippen MR) is 113 cm³/mol. The third-order valence-corrected chi connectivity index (χ3v) is 5.31. The normalized spacial score (nSPS) is 12.1. The second-order valence-electron chi connectivity index (χ2n) is 6.82. The Hall–Kier alpha value is -3.12. The maximum absolute atomic E-state index is 12.6. The minimum Gasteiger partial charge on any atom is -0.481 e. The van der Waals surface area contributed by atoms with Crippen LogP contribution in [-0.4, -0.2) is 21.4 Å². The van der Waals surface area contributed by atoms with E-state index in [2.05, 4.69) is 10.3 Å². The summed E-state index contributed by atoms with van der Waals surface area (Å²) < 4.78 is 7.87. The van der Waals surface area contributed by atoms with Crippen molar-refractivity contribution in [2.75, 3.05) is 5.32 Å². The molecule has 28 heavy (non-hydrogen) atoms. The molecule has 0 saturated heterocycles. The van der Waals surface area contributed by atoms with Crippen molar-refractivity contribution in [2.45, 2.75) is 26.9 Å². The second-order valence-corrected chi connectivity index (χ2v) is 7.69. The van der Waals surface area contributed by atoms with Crippen molar-refractivity contribution in [3.05, 3.63) is 71.4 Å². The number of amides is 1. The Kier molecular flexibility index (Phi) is 4.88. The number of anilines is 1. The number of nitrogens with zero attached hydrogens (tertiary/aromatic N) is 2. The highest BCUT2D eigenvalue weighted by molar-refractivity contribution is 7.15. The average Bonchev–Trinajstić information content (AvgIpc) is 3.27. The van der Waals surface area contributed by atoms with E-state index in [1.165, 1.54) is 0 Å². The molecule has 0 bridgehead atoms. The van der Waals surface area contributed by atoms with Crippen molar-refractivity contribution in [3.63, 3.8) is 0 Å². The first-order chi connectivity index (χ1) is 13.5. The van der Waals surface area contributed by atoms with Crippen LogP contribution in [0.2, 0.25) is 0 Å². The summed E-state index contributed by atoms with van der Waals surface area (Å²) in [6.07, 6.45) is 3.36. The maximum Gasteiger partial charge on any atom is 0.265 e. The van der Waals surface area contributed by atoms with E-state index in [9.17, 15) is 4.79 Å². The molecule has 1 amide bonds. The van der Waals surface area contributed by atoms with E-state index in [0.717, 1.165) is 38.8 Å². The van der Waals surface area contributed by atoms with Gasteiger partial charge in [-0.05, 0) is 50.1 Å². The van der Waals surface area contributed by atoms with Gasteiger partial charge in [-0.15, -0.1) is 11.3 Å². The number of ether oxygens (including phenoxy) is 1. The lowest BCUT2D eigenvalue weighted by atomic mass is 10.1. The van der Waals surface area contributed by atoms with Crippen molar-refractivity contribution < 1.29 is 9.53 Å². The van der Waals surface area contributed by atoms with Crippen molar-refractivity contribution in [3.8, 4) is 17.0 Å². The molecule has 6 heteroatoms. The van der Waals surface area contributed by atoms with Crippen molar-refractivity contribution in [1.29, 1.82) is 0 Å².